The summed E-state index contributed by atoms with van der Waals surface area (Å²) in [6, 6.07) is 8.11. The molecule has 1 fully saturated rings. The van der Waals surface area contributed by atoms with Gasteiger partial charge < -0.3 is 15.0 Å². The third-order valence-corrected chi connectivity index (χ3v) is 4.84. The second-order valence-corrected chi connectivity index (χ2v) is 7.03. The molecule has 2 N–H and O–H groups in total. The van der Waals surface area contributed by atoms with Crippen LogP contribution in [0.1, 0.15) is 82.2 Å². The average molecular weight is 329 g/mol. The van der Waals surface area contributed by atoms with Gasteiger partial charge in [0.15, 0.2) is 11.9 Å². The van der Waals surface area contributed by atoms with Gasteiger partial charge in [-0.2, -0.15) is 4.98 Å². The maximum atomic E-state index is 6.43. The summed E-state index contributed by atoms with van der Waals surface area (Å²) in [6.45, 7) is 6.37. The lowest BCUT2D eigenvalue weighted by molar-refractivity contribution is 0.152. The molecule has 1 unspecified atom stereocenters. The molecule has 3 rings (SSSR count). The van der Waals surface area contributed by atoms with Crippen molar-refractivity contribution in [3.8, 4) is 5.75 Å². The smallest absolute Gasteiger partial charge is 0.267 e. The van der Waals surface area contributed by atoms with E-state index in [4.69, 9.17) is 15.0 Å². The Balaban J connectivity index is 1.81. The summed E-state index contributed by atoms with van der Waals surface area (Å²) in [5, 5.41) is 4.15. The van der Waals surface area contributed by atoms with Crippen molar-refractivity contribution in [2.45, 2.75) is 70.4 Å². The SMILES string of the molecule is CCC(Oc1ccccc1C(C)C)c1nc(C2(N)CCCC2)no1. The molecule has 1 heterocycles. The predicted octanol–water partition coefficient (Wildman–Crippen LogP) is 4.45. The third-order valence-electron chi connectivity index (χ3n) is 4.84. The fourth-order valence-corrected chi connectivity index (χ4v) is 3.32. The molecule has 24 heavy (non-hydrogen) atoms. The number of benzene rings is 1. The highest BCUT2D eigenvalue weighted by Crippen LogP contribution is 2.36. The topological polar surface area (TPSA) is 74.2 Å². The van der Waals surface area contributed by atoms with Crippen LogP contribution in [-0.4, -0.2) is 10.1 Å². The van der Waals surface area contributed by atoms with Crippen molar-refractivity contribution in [1.82, 2.24) is 10.1 Å². The van der Waals surface area contributed by atoms with Crippen molar-refractivity contribution < 1.29 is 9.26 Å². The number of nitrogens with two attached hydrogens (primary N) is 1. The largest absolute Gasteiger partial charge is 0.480 e. The summed E-state index contributed by atoms with van der Waals surface area (Å²) in [5.74, 6) is 2.40. The van der Waals surface area contributed by atoms with E-state index >= 15 is 0 Å². The number of hydrogen-bond acceptors (Lipinski definition) is 5. The van der Waals surface area contributed by atoms with Gasteiger partial charge in [0.2, 0.25) is 0 Å². The van der Waals surface area contributed by atoms with Crippen LogP contribution >= 0.6 is 0 Å². The fraction of sp³-hybridized carbons (Fsp3) is 0.579. The molecule has 0 radical (unpaired) electrons. The van der Waals surface area contributed by atoms with E-state index in [0.717, 1.165) is 37.9 Å². The minimum Gasteiger partial charge on any atom is -0.480 e. The highest BCUT2D eigenvalue weighted by molar-refractivity contribution is 5.35. The Morgan fingerprint density at radius 1 is 1.25 bits per heavy atom. The molecular weight excluding hydrogens is 302 g/mol. The molecule has 1 aliphatic rings. The zero-order chi connectivity index (χ0) is 17.2. The number of para-hydroxylation sites is 1. The van der Waals surface area contributed by atoms with Crippen molar-refractivity contribution in [1.29, 1.82) is 0 Å². The van der Waals surface area contributed by atoms with Gasteiger partial charge in [0.1, 0.15) is 5.75 Å². The van der Waals surface area contributed by atoms with E-state index in [-0.39, 0.29) is 6.10 Å². The van der Waals surface area contributed by atoms with Crippen LogP contribution < -0.4 is 10.5 Å². The summed E-state index contributed by atoms with van der Waals surface area (Å²) in [7, 11) is 0. The monoisotopic (exact) mass is 329 g/mol. The van der Waals surface area contributed by atoms with Crippen LogP contribution in [0.25, 0.3) is 0 Å². The molecule has 0 bridgehead atoms. The predicted molar refractivity (Wildman–Crippen MR) is 92.8 cm³/mol. The number of ether oxygens (including phenoxy) is 1. The molecule has 1 saturated carbocycles. The van der Waals surface area contributed by atoms with Crippen LogP contribution in [-0.2, 0) is 5.54 Å². The molecule has 0 aliphatic heterocycles. The first-order chi connectivity index (χ1) is 11.5. The Hall–Kier alpha value is -1.88. The minimum absolute atomic E-state index is 0.254. The zero-order valence-corrected chi connectivity index (χ0v) is 14.8. The van der Waals surface area contributed by atoms with Crippen LogP contribution in [0.2, 0.25) is 0 Å². The second kappa shape index (κ2) is 6.93. The molecule has 1 aliphatic carbocycles. The molecule has 0 saturated heterocycles. The Morgan fingerprint density at radius 3 is 2.62 bits per heavy atom. The lowest BCUT2D eigenvalue weighted by atomic mass is 9.99. The molecule has 5 nitrogen and oxygen atoms in total. The van der Waals surface area contributed by atoms with E-state index in [0.29, 0.717) is 17.6 Å². The van der Waals surface area contributed by atoms with Crippen LogP contribution in [0.5, 0.6) is 5.75 Å². The number of hydrogen-bond donors (Lipinski definition) is 1. The van der Waals surface area contributed by atoms with Gasteiger partial charge in [0, 0.05) is 0 Å². The fourth-order valence-electron chi connectivity index (χ4n) is 3.32. The van der Waals surface area contributed by atoms with Gasteiger partial charge in [-0.05, 0) is 36.8 Å². The van der Waals surface area contributed by atoms with Gasteiger partial charge in [0.25, 0.3) is 5.89 Å². The van der Waals surface area contributed by atoms with E-state index in [1.807, 2.05) is 18.2 Å². The molecule has 1 atom stereocenters. The molecule has 0 amide bonds. The molecule has 5 heteroatoms. The molecule has 130 valence electrons. The van der Waals surface area contributed by atoms with E-state index in [1.54, 1.807) is 0 Å². The third kappa shape index (κ3) is 3.31. The Labute approximate surface area is 143 Å². The molecule has 1 aromatic carbocycles. The van der Waals surface area contributed by atoms with Crippen molar-refractivity contribution >= 4 is 0 Å². The standard InChI is InChI=1S/C19H27N3O2/c1-4-15(23-16-10-6-5-9-14(16)13(2)3)17-21-18(22-24-17)19(20)11-7-8-12-19/h5-6,9-10,13,15H,4,7-8,11-12,20H2,1-3H3. The molecule has 1 aromatic heterocycles. The molecular formula is C19H27N3O2. The second-order valence-electron chi connectivity index (χ2n) is 7.03. The quantitative estimate of drug-likeness (QED) is 0.847. The molecule has 2 aromatic rings. The van der Waals surface area contributed by atoms with Crippen molar-refractivity contribution in [2.75, 3.05) is 0 Å². The molecule has 0 spiro atoms. The highest BCUT2D eigenvalue weighted by atomic mass is 16.5. The van der Waals surface area contributed by atoms with E-state index in [2.05, 4.69) is 37.0 Å². The van der Waals surface area contributed by atoms with E-state index in [9.17, 15) is 0 Å². The maximum absolute atomic E-state index is 6.43. The van der Waals surface area contributed by atoms with Crippen LogP contribution in [0.3, 0.4) is 0 Å². The summed E-state index contributed by atoms with van der Waals surface area (Å²) in [4.78, 5) is 4.58. The first-order valence-corrected chi connectivity index (χ1v) is 8.92. The van der Waals surface area contributed by atoms with Crippen molar-refractivity contribution in [3.63, 3.8) is 0 Å². The van der Waals surface area contributed by atoms with Gasteiger partial charge >= 0.3 is 0 Å². The average Bonchev–Trinajstić information content (AvgIpc) is 3.23. The first-order valence-electron chi connectivity index (χ1n) is 8.92. The normalized spacial score (nSPS) is 18.0. The lowest BCUT2D eigenvalue weighted by Gasteiger charge is -2.19. The Kier molecular flexibility index (Phi) is 4.90. The first kappa shape index (κ1) is 17.0. The number of nitrogens with zero attached hydrogens (tertiary/aromatic N) is 2. The van der Waals surface area contributed by atoms with Gasteiger partial charge in [-0.25, -0.2) is 0 Å². The van der Waals surface area contributed by atoms with E-state index in [1.165, 1.54) is 5.56 Å². The van der Waals surface area contributed by atoms with Gasteiger partial charge in [-0.3, -0.25) is 0 Å². The van der Waals surface area contributed by atoms with Crippen LogP contribution in [0.15, 0.2) is 28.8 Å². The highest BCUT2D eigenvalue weighted by Gasteiger charge is 2.36. The van der Waals surface area contributed by atoms with Gasteiger partial charge in [-0.15, -0.1) is 0 Å². The van der Waals surface area contributed by atoms with Gasteiger partial charge in [-0.1, -0.05) is 57.0 Å². The Morgan fingerprint density at radius 2 is 1.96 bits per heavy atom. The lowest BCUT2D eigenvalue weighted by Crippen LogP contribution is -2.34. The zero-order valence-electron chi connectivity index (χ0n) is 14.8. The van der Waals surface area contributed by atoms with E-state index < -0.39 is 5.54 Å². The van der Waals surface area contributed by atoms with Crippen LogP contribution in [0, 0.1) is 0 Å². The summed E-state index contributed by atoms with van der Waals surface area (Å²) >= 11 is 0. The minimum atomic E-state index is -0.435. The summed E-state index contributed by atoms with van der Waals surface area (Å²) < 4.78 is 11.7. The van der Waals surface area contributed by atoms with Crippen LogP contribution in [0.4, 0.5) is 0 Å². The Bertz CT molecular complexity index is 675. The summed E-state index contributed by atoms with van der Waals surface area (Å²) in [5.41, 5.74) is 7.17. The maximum Gasteiger partial charge on any atom is 0.267 e. The van der Waals surface area contributed by atoms with Crippen molar-refractivity contribution in [2.24, 2.45) is 5.73 Å². The van der Waals surface area contributed by atoms with Gasteiger partial charge in [0.05, 0.1) is 5.54 Å². The summed E-state index contributed by atoms with van der Waals surface area (Å²) in [6.07, 6.45) is 4.58. The number of aromatic nitrogens is 2. The van der Waals surface area contributed by atoms with Crippen molar-refractivity contribution in [3.05, 3.63) is 41.5 Å². The number of rotatable bonds is 6.